The Labute approximate surface area is 158 Å². The van der Waals surface area contributed by atoms with E-state index in [1.165, 1.54) is 17.3 Å². The van der Waals surface area contributed by atoms with Crippen molar-refractivity contribution >= 4 is 40.6 Å². The predicted molar refractivity (Wildman–Crippen MR) is 102 cm³/mol. The van der Waals surface area contributed by atoms with E-state index in [-0.39, 0.29) is 11.6 Å². The Morgan fingerprint density at radius 2 is 1.86 bits per heavy atom. The maximum atomic E-state index is 12.6. The lowest BCUT2D eigenvalue weighted by molar-refractivity contribution is -0.393. The van der Waals surface area contributed by atoms with Crippen LogP contribution in [0.5, 0.6) is 0 Å². The van der Waals surface area contributed by atoms with Crippen LogP contribution >= 0.6 is 0 Å². The van der Waals surface area contributed by atoms with Crippen LogP contribution in [-0.2, 0) is 4.79 Å². The summed E-state index contributed by atoms with van der Waals surface area (Å²) in [6.45, 7) is 1.67. The number of benzene rings is 2. The van der Waals surface area contributed by atoms with E-state index in [9.17, 15) is 25.0 Å². The van der Waals surface area contributed by atoms with Crippen molar-refractivity contribution in [3.63, 3.8) is 0 Å². The number of nitrogens with zero attached hydrogens (tertiary/aromatic N) is 5. The van der Waals surface area contributed by atoms with Crippen LogP contribution < -0.4 is 10.4 Å². The van der Waals surface area contributed by atoms with Gasteiger partial charge in [0.15, 0.2) is 0 Å². The van der Waals surface area contributed by atoms with Gasteiger partial charge in [-0.2, -0.15) is 15.2 Å². The van der Waals surface area contributed by atoms with Crippen molar-refractivity contribution in [3.05, 3.63) is 68.8 Å². The molecule has 142 valence electrons. The highest BCUT2D eigenvalue weighted by Crippen LogP contribution is 2.29. The van der Waals surface area contributed by atoms with E-state index in [1.54, 1.807) is 31.2 Å². The van der Waals surface area contributed by atoms with Gasteiger partial charge in [0.25, 0.3) is 11.6 Å². The Morgan fingerprint density at radius 3 is 2.50 bits per heavy atom. The van der Waals surface area contributed by atoms with Gasteiger partial charge in [-0.3, -0.25) is 30.4 Å². The third-order valence-electron chi connectivity index (χ3n) is 3.98. The number of hydrazone groups is 2. The first-order valence-corrected chi connectivity index (χ1v) is 8.04. The number of para-hydroxylation sites is 1. The monoisotopic (exact) mass is 382 g/mol. The summed E-state index contributed by atoms with van der Waals surface area (Å²) in [6, 6.07) is 12.0. The van der Waals surface area contributed by atoms with Crippen LogP contribution in [0.3, 0.4) is 0 Å². The quantitative estimate of drug-likeness (QED) is 0.462. The molecule has 0 fully saturated rings. The van der Waals surface area contributed by atoms with Gasteiger partial charge < -0.3 is 0 Å². The highest BCUT2D eigenvalue weighted by molar-refractivity contribution is 6.23. The number of nitro groups is 2. The predicted octanol–water partition coefficient (Wildman–Crippen LogP) is 2.94. The highest BCUT2D eigenvalue weighted by atomic mass is 16.6. The molecule has 1 atom stereocenters. The number of hydrogen-bond donors (Lipinski definition) is 1. The van der Waals surface area contributed by atoms with Gasteiger partial charge in [0.2, 0.25) is 0 Å². The van der Waals surface area contributed by atoms with Crippen molar-refractivity contribution in [2.45, 2.75) is 6.92 Å². The Hall–Kier alpha value is -4.15. The molecule has 0 aromatic heterocycles. The second kappa shape index (κ2) is 7.61. The van der Waals surface area contributed by atoms with Gasteiger partial charge in [-0.25, -0.2) is 0 Å². The van der Waals surface area contributed by atoms with Crippen LogP contribution in [0, 0.1) is 26.1 Å². The molecular weight excluding hydrogens is 368 g/mol. The van der Waals surface area contributed by atoms with Crippen LogP contribution in [0.1, 0.15) is 6.92 Å². The van der Waals surface area contributed by atoms with E-state index in [0.29, 0.717) is 11.4 Å². The van der Waals surface area contributed by atoms with E-state index in [4.69, 9.17) is 0 Å². The standard InChI is InChI=1S/C17H14N6O5/c1-11-14(17(24)21(20-11)12-5-3-2-4-6-12)10-18-19-15-8-7-13(22(25)26)9-16(15)23(27)28/h2-10,14,19H,1H3/b18-10-/t14-/m1/s1. The lowest BCUT2D eigenvalue weighted by Crippen LogP contribution is -2.28. The molecule has 28 heavy (non-hydrogen) atoms. The van der Waals surface area contributed by atoms with Crippen molar-refractivity contribution in [2.75, 3.05) is 10.4 Å². The number of carbonyl (C=O) groups is 1. The molecule has 1 N–H and O–H groups in total. The second-order valence-electron chi connectivity index (χ2n) is 5.81. The molecule has 0 spiro atoms. The van der Waals surface area contributed by atoms with Crippen LogP contribution in [-0.4, -0.2) is 27.7 Å². The fraction of sp³-hybridized carbons (Fsp3) is 0.118. The number of carbonyl (C=O) groups excluding carboxylic acids is 1. The Morgan fingerprint density at radius 1 is 1.14 bits per heavy atom. The van der Waals surface area contributed by atoms with Gasteiger partial charge in [0.05, 0.1) is 27.3 Å². The first-order chi connectivity index (χ1) is 13.4. The van der Waals surface area contributed by atoms with Crippen molar-refractivity contribution in [1.29, 1.82) is 0 Å². The zero-order chi connectivity index (χ0) is 20.3. The van der Waals surface area contributed by atoms with Crippen LogP contribution in [0.15, 0.2) is 58.7 Å². The van der Waals surface area contributed by atoms with Gasteiger partial charge in [-0.1, -0.05) is 18.2 Å². The third kappa shape index (κ3) is 3.67. The molecule has 0 radical (unpaired) electrons. The topological polar surface area (TPSA) is 143 Å². The maximum Gasteiger partial charge on any atom is 0.301 e. The molecule has 3 rings (SSSR count). The van der Waals surface area contributed by atoms with E-state index in [0.717, 1.165) is 12.1 Å². The molecule has 0 unspecified atom stereocenters. The molecule has 2 aromatic rings. The van der Waals surface area contributed by atoms with E-state index in [2.05, 4.69) is 15.6 Å². The minimum Gasteiger partial charge on any atom is -0.272 e. The summed E-state index contributed by atoms with van der Waals surface area (Å²) in [5.41, 5.74) is 2.64. The Kier molecular flexibility index (Phi) is 5.07. The fourth-order valence-electron chi connectivity index (χ4n) is 2.57. The minimum absolute atomic E-state index is 0.0354. The Bertz CT molecular complexity index is 1000. The first-order valence-electron chi connectivity index (χ1n) is 8.04. The molecule has 0 saturated carbocycles. The average Bonchev–Trinajstić information content (AvgIpc) is 2.96. The highest BCUT2D eigenvalue weighted by Gasteiger charge is 2.33. The summed E-state index contributed by atoms with van der Waals surface area (Å²) < 4.78 is 0. The summed E-state index contributed by atoms with van der Waals surface area (Å²) in [5, 5.41) is 31.3. The van der Waals surface area contributed by atoms with Gasteiger partial charge in [-0.05, 0) is 25.1 Å². The second-order valence-corrected chi connectivity index (χ2v) is 5.81. The zero-order valence-electron chi connectivity index (χ0n) is 14.6. The molecule has 2 aromatic carbocycles. The molecule has 1 amide bonds. The molecule has 1 aliphatic heterocycles. The van der Waals surface area contributed by atoms with Gasteiger partial charge in [0, 0.05) is 12.3 Å². The van der Waals surface area contributed by atoms with Gasteiger partial charge in [0.1, 0.15) is 11.6 Å². The number of anilines is 2. The van der Waals surface area contributed by atoms with Crippen LogP contribution in [0.25, 0.3) is 0 Å². The van der Waals surface area contributed by atoms with E-state index in [1.807, 2.05) is 6.07 Å². The van der Waals surface area contributed by atoms with Crippen LogP contribution in [0.2, 0.25) is 0 Å². The zero-order valence-corrected chi connectivity index (χ0v) is 14.6. The molecule has 0 bridgehead atoms. The average molecular weight is 382 g/mol. The molecule has 11 nitrogen and oxygen atoms in total. The number of hydrogen-bond acceptors (Lipinski definition) is 8. The molecule has 11 heteroatoms. The van der Waals surface area contributed by atoms with Crippen molar-refractivity contribution in [1.82, 2.24) is 0 Å². The number of non-ortho nitro benzene ring substituents is 1. The minimum atomic E-state index is -0.755. The van der Waals surface area contributed by atoms with Gasteiger partial charge >= 0.3 is 5.69 Å². The van der Waals surface area contributed by atoms with Crippen molar-refractivity contribution < 1.29 is 14.6 Å². The summed E-state index contributed by atoms with van der Waals surface area (Å²) in [6.07, 6.45) is 1.29. The molecule has 0 saturated heterocycles. The lowest BCUT2D eigenvalue weighted by Gasteiger charge is -2.12. The van der Waals surface area contributed by atoms with Crippen molar-refractivity contribution in [3.8, 4) is 0 Å². The molecule has 1 aliphatic rings. The largest absolute Gasteiger partial charge is 0.301 e. The number of nitro benzene ring substituents is 2. The maximum absolute atomic E-state index is 12.6. The Balaban J connectivity index is 1.77. The lowest BCUT2D eigenvalue weighted by atomic mass is 10.1. The SMILES string of the molecule is CC1=NN(c2ccccc2)C(=O)[C@@H]1/C=N\Nc1ccc([N+](=O)[O-])cc1[N+](=O)[O-]. The van der Waals surface area contributed by atoms with E-state index < -0.39 is 27.1 Å². The summed E-state index contributed by atoms with van der Waals surface area (Å²) in [4.78, 5) is 33.0. The van der Waals surface area contributed by atoms with Gasteiger partial charge in [-0.15, -0.1) is 0 Å². The van der Waals surface area contributed by atoms with E-state index >= 15 is 0 Å². The smallest absolute Gasteiger partial charge is 0.272 e. The summed E-state index contributed by atoms with van der Waals surface area (Å²) in [5.74, 6) is -1.04. The molecule has 0 aliphatic carbocycles. The van der Waals surface area contributed by atoms with Crippen molar-refractivity contribution in [2.24, 2.45) is 16.1 Å². The summed E-state index contributed by atoms with van der Waals surface area (Å²) in [7, 11) is 0. The number of nitrogens with one attached hydrogen (secondary N) is 1. The fourth-order valence-corrected chi connectivity index (χ4v) is 2.57. The first kappa shape index (κ1) is 18.6. The summed E-state index contributed by atoms with van der Waals surface area (Å²) >= 11 is 0. The number of rotatable bonds is 6. The van der Waals surface area contributed by atoms with Crippen LogP contribution in [0.4, 0.5) is 22.7 Å². The third-order valence-corrected chi connectivity index (χ3v) is 3.98. The normalized spacial score (nSPS) is 16.3. The molecular formula is C17H14N6O5. The molecule has 1 heterocycles. The number of amides is 1.